The van der Waals surface area contributed by atoms with Gasteiger partial charge < -0.3 is 21.4 Å². The summed E-state index contributed by atoms with van der Waals surface area (Å²) in [6, 6.07) is 8.83. The van der Waals surface area contributed by atoms with E-state index in [9.17, 15) is 4.79 Å². The van der Waals surface area contributed by atoms with Crippen LogP contribution in [0.3, 0.4) is 0 Å². The fourth-order valence-corrected chi connectivity index (χ4v) is 4.05. The summed E-state index contributed by atoms with van der Waals surface area (Å²) in [5, 5.41) is 7.65. The molecule has 0 unspecified atom stereocenters. The molecular weight excluding hydrogens is 324 g/mol. The first-order valence-corrected chi connectivity index (χ1v) is 10.0. The summed E-state index contributed by atoms with van der Waals surface area (Å²) in [4.78, 5) is 15.8. The SMILES string of the molecule is NCC[C@H]1CN[C@H](CNC(=O)c2cc3ccc(CCC4CC4)cc3[nH]2)C1. The van der Waals surface area contributed by atoms with E-state index in [-0.39, 0.29) is 5.91 Å². The Morgan fingerprint density at radius 2 is 2.08 bits per heavy atom. The van der Waals surface area contributed by atoms with E-state index < -0.39 is 0 Å². The number of aryl methyl sites for hydroxylation is 1. The lowest BCUT2D eigenvalue weighted by molar-refractivity contribution is 0.0946. The predicted molar refractivity (Wildman–Crippen MR) is 105 cm³/mol. The maximum absolute atomic E-state index is 12.5. The van der Waals surface area contributed by atoms with Gasteiger partial charge in [0.1, 0.15) is 5.69 Å². The van der Waals surface area contributed by atoms with Crippen LogP contribution in [0.5, 0.6) is 0 Å². The van der Waals surface area contributed by atoms with Gasteiger partial charge in [0.2, 0.25) is 0 Å². The number of rotatable bonds is 8. The van der Waals surface area contributed by atoms with Crippen LogP contribution in [0, 0.1) is 11.8 Å². The van der Waals surface area contributed by atoms with E-state index in [4.69, 9.17) is 5.73 Å². The van der Waals surface area contributed by atoms with Gasteiger partial charge in [-0.1, -0.05) is 25.0 Å². The van der Waals surface area contributed by atoms with E-state index in [1.54, 1.807) is 0 Å². The molecule has 1 saturated carbocycles. The van der Waals surface area contributed by atoms with Gasteiger partial charge in [-0.05, 0) is 68.3 Å². The number of H-pyrrole nitrogens is 1. The van der Waals surface area contributed by atoms with E-state index >= 15 is 0 Å². The molecule has 1 aliphatic heterocycles. The standard InChI is InChI=1S/C21H30N4O/c22-8-7-16-9-18(23-12-16)13-24-21(26)20-11-17-6-5-15(10-19(17)25-20)4-3-14-1-2-14/h5-6,10-11,14,16,18,23,25H,1-4,7-9,12-13,22H2,(H,24,26)/t16-,18+/m1/s1. The third-order valence-electron chi connectivity index (χ3n) is 5.87. The van der Waals surface area contributed by atoms with Crippen LogP contribution < -0.4 is 16.4 Å². The molecule has 2 atom stereocenters. The lowest BCUT2D eigenvalue weighted by Gasteiger charge is -2.11. The summed E-state index contributed by atoms with van der Waals surface area (Å²) in [6.45, 7) is 2.42. The number of aromatic nitrogens is 1. The number of benzene rings is 1. The fraction of sp³-hybridized carbons (Fsp3) is 0.571. The quantitative estimate of drug-likeness (QED) is 0.588. The monoisotopic (exact) mass is 354 g/mol. The van der Waals surface area contributed by atoms with Gasteiger partial charge in [-0.2, -0.15) is 0 Å². The van der Waals surface area contributed by atoms with Crippen LogP contribution in [-0.2, 0) is 6.42 Å². The highest BCUT2D eigenvalue weighted by atomic mass is 16.1. The Morgan fingerprint density at radius 3 is 2.88 bits per heavy atom. The summed E-state index contributed by atoms with van der Waals surface area (Å²) >= 11 is 0. The van der Waals surface area contributed by atoms with Gasteiger partial charge >= 0.3 is 0 Å². The second-order valence-electron chi connectivity index (χ2n) is 8.08. The number of carbonyl (C=O) groups excluding carboxylic acids is 1. The fourth-order valence-electron chi connectivity index (χ4n) is 4.05. The second-order valence-corrected chi connectivity index (χ2v) is 8.08. The van der Waals surface area contributed by atoms with Crippen LogP contribution in [0.4, 0.5) is 0 Å². The first-order valence-electron chi connectivity index (χ1n) is 10.0. The van der Waals surface area contributed by atoms with Crippen molar-refractivity contribution < 1.29 is 4.79 Å². The van der Waals surface area contributed by atoms with E-state index in [1.807, 2.05) is 6.07 Å². The maximum atomic E-state index is 12.5. The molecule has 1 amide bonds. The van der Waals surface area contributed by atoms with Crippen LogP contribution in [0.25, 0.3) is 10.9 Å². The average Bonchev–Trinajstić information content (AvgIpc) is 3.20. The molecule has 1 aromatic carbocycles. The van der Waals surface area contributed by atoms with Crippen molar-refractivity contribution in [1.82, 2.24) is 15.6 Å². The maximum Gasteiger partial charge on any atom is 0.267 e. The molecule has 140 valence electrons. The molecule has 2 heterocycles. The van der Waals surface area contributed by atoms with Gasteiger partial charge in [-0.3, -0.25) is 4.79 Å². The smallest absolute Gasteiger partial charge is 0.267 e. The molecule has 1 aromatic heterocycles. The lowest BCUT2D eigenvalue weighted by Crippen LogP contribution is -2.37. The number of fused-ring (bicyclic) bond motifs is 1. The molecule has 0 spiro atoms. The van der Waals surface area contributed by atoms with Crippen molar-refractivity contribution in [3.63, 3.8) is 0 Å². The third kappa shape index (κ3) is 4.27. The van der Waals surface area contributed by atoms with E-state index in [0.29, 0.717) is 24.2 Å². The van der Waals surface area contributed by atoms with E-state index in [1.165, 1.54) is 24.8 Å². The first-order chi connectivity index (χ1) is 12.7. The minimum atomic E-state index is -0.0233. The third-order valence-corrected chi connectivity index (χ3v) is 5.87. The van der Waals surface area contributed by atoms with Crippen LogP contribution >= 0.6 is 0 Å². The molecule has 4 rings (SSSR count). The van der Waals surface area contributed by atoms with Gasteiger partial charge in [0, 0.05) is 23.5 Å². The Bertz CT molecular complexity index is 764. The van der Waals surface area contributed by atoms with Gasteiger partial charge in [-0.25, -0.2) is 0 Å². The van der Waals surface area contributed by atoms with Gasteiger partial charge in [0.15, 0.2) is 0 Å². The molecule has 1 saturated heterocycles. The van der Waals surface area contributed by atoms with Crippen molar-refractivity contribution in [2.45, 2.75) is 44.6 Å². The number of aromatic amines is 1. The summed E-state index contributed by atoms with van der Waals surface area (Å²) in [7, 11) is 0. The zero-order valence-corrected chi connectivity index (χ0v) is 15.4. The molecule has 26 heavy (non-hydrogen) atoms. The Balaban J connectivity index is 1.32. The Morgan fingerprint density at radius 1 is 1.19 bits per heavy atom. The van der Waals surface area contributed by atoms with Crippen molar-refractivity contribution in [3.05, 3.63) is 35.5 Å². The van der Waals surface area contributed by atoms with Crippen LogP contribution in [0.15, 0.2) is 24.3 Å². The number of nitrogens with one attached hydrogen (secondary N) is 3. The van der Waals surface area contributed by atoms with Crippen molar-refractivity contribution in [3.8, 4) is 0 Å². The normalized spacial score (nSPS) is 22.8. The van der Waals surface area contributed by atoms with E-state index in [0.717, 1.165) is 49.2 Å². The van der Waals surface area contributed by atoms with Crippen molar-refractivity contribution in [1.29, 1.82) is 0 Å². The van der Waals surface area contributed by atoms with Gasteiger partial charge in [0.25, 0.3) is 5.91 Å². The lowest BCUT2D eigenvalue weighted by atomic mass is 10.0. The highest BCUT2D eigenvalue weighted by Crippen LogP contribution is 2.33. The Kier molecular flexibility index (Phi) is 5.27. The molecule has 1 aliphatic carbocycles. The molecule has 5 N–H and O–H groups in total. The first kappa shape index (κ1) is 17.6. The Hall–Kier alpha value is -1.85. The molecule has 2 aliphatic rings. The minimum Gasteiger partial charge on any atom is -0.351 e. The number of amides is 1. The largest absolute Gasteiger partial charge is 0.351 e. The zero-order valence-electron chi connectivity index (χ0n) is 15.4. The van der Waals surface area contributed by atoms with Gasteiger partial charge in [-0.15, -0.1) is 0 Å². The predicted octanol–water partition coefficient (Wildman–Crippen LogP) is 2.57. The van der Waals surface area contributed by atoms with Gasteiger partial charge in [0.05, 0.1) is 0 Å². The molecular formula is C21H30N4O. The highest BCUT2D eigenvalue weighted by Gasteiger charge is 2.24. The number of hydrogen-bond acceptors (Lipinski definition) is 3. The van der Waals surface area contributed by atoms with Crippen molar-refractivity contribution in [2.75, 3.05) is 19.6 Å². The average molecular weight is 354 g/mol. The molecule has 5 heteroatoms. The number of nitrogens with two attached hydrogens (primary N) is 1. The molecule has 2 fully saturated rings. The Labute approximate surface area is 155 Å². The van der Waals surface area contributed by atoms with E-state index in [2.05, 4.69) is 33.8 Å². The van der Waals surface area contributed by atoms with Crippen LogP contribution in [-0.4, -0.2) is 36.6 Å². The van der Waals surface area contributed by atoms with Crippen molar-refractivity contribution >= 4 is 16.8 Å². The topological polar surface area (TPSA) is 82.9 Å². The molecule has 2 aromatic rings. The summed E-state index contributed by atoms with van der Waals surface area (Å²) < 4.78 is 0. The van der Waals surface area contributed by atoms with Crippen LogP contribution in [0.1, 0.15) is 48.2 Å². The summed E-state index contributed by atoms with van der Waals surface area (Å²) in [5.41, 5.74) is 8.70. The van der Waals surface area contributed by atoms with Crippen LogP contribution in [0.2, 0.25) is 0 Å². The number of carbonyl (C=O) groups is 1. The molecule has 0 radical (unpaired) electrons. The summed E-state index contributed by atoms with van der Waals surface area (Å²) in [6.07, 6.45) is 7.38. The molecule has 5 nitrogen and oxygen atoms in total. The second kappa shape index (κ2) is 7.80. The highest BCUT2D eigenvalue weighted by molar-refractivity contribution is 5.98. The minimum absolute atomic E-state index is 0.0233. The number of hydrogen-bond donors (Lipinski definition) is 4. The summed E-state index contributed by atoms with van der Waals surface area (Å²) in [5.74, 6) is 1.57. The van der Waals surface area contributed by atoms with Crippen molar-refractivity contribution in [2.24, 2.45) is 17.6 Å². The molecule has 0 bridgehead atoms. The zero-order chi connectivity index (χ0) is 17.9.